The molecule has 2 aromatic rings. The monoisotopic (exact) mass is 276 g/mol. The van der Waals surface area contributed by atoms with E-state index in [4.69, 9.17) is 0 Å². The first kappa shape index (κ1) is 12.3. The van der Waals surface area contributed by atoms with Gasteiger partial charge in [-0.05, 0) is 38.3 Å². The largest absolute Gasteiger partial charge is 0.344 e. The topological polar surface area (TPSA) is 70.7 Å². The number of nitrogens with zero attached hydrogens (tertiary/aromatic N) is 2. The maximum atomic E-state index is 11.9. The van der Waals surface area contributed by atoms with E-state index < -0.39 is 0 Å². The van der Waals surface area contributed by atoms with Gasteiger partial charge in [-0.2, -0.15) is 0 Å². The summed E-state index contributed by atoms with van der Waals surface area (Å²) in [5.74, 6) is 1.35. The number of H-pyrrole nitrogens is 1. The van der Waals surface area contributed by atoms with Gasteiger partial charge >= 0.3 is 0 Å². The van der Waals surface area contributed by atoms with Crippen molar-refractivity contribution < 1.29 is 4.79 Å². The molecule has 0 aliphatic heterocycles. The summed E-state index contributed by atoms with van der Waals surface area (Å²) in [6.07, 6.45) is 2.29. The molecule has 0 spiro atoms. The number of carbonyl (C=O) groups excluding carboxylic acids is 1. The third-order valence-corrected chi connectivity index (χ3v) is 4.46. The minimum Gasteiger partial charge on any atom is -0.344 e. The molecule has 2 heterocycles. The van der Waals surface area contributed by atoms with Gasteiger partial charge in [-0.3, -0.25) is 9.89 Å². The third kappa shape index (κ3) is 2.68. The highest BCUT2D eigenvalue weighted by Crippen LogP contribution is 2.37. The van der Waals surface area contributed by atoms with Crippen molar-refractivity contribution in [2.24, 2.45) is 0 Å². The van der Waals surface area contributed by atoms with Gasteiger partial charge < -0.3 is 5.32 Å². The highest BCUT2D eigenvalue weighted by atomic mass is 32.1. The van der Waals surface area contributed by atoms with E-state index in [1.54, 1.807) is 11.3 Å². The van der Waals surface area contributed by atoms with E-state index in [1.807, 2.05) is 0 Å². The summed E-state index contributed by atoms with van der Waals surface area (Å²) in [6.45, 7) is 4.70. The van der Waals surface area contributed by atoms with Crippen LogP contribution in [0.4, 0.5) is 0 Å². The molecule has 1 aliphatic carbocycles. The Labute approximate surface area is 115 Å². The highest BCUT2D eigenvalue weighted by Gasteiger charge is 2.28. The summed E-state index contributed by atoms with van der Waals surface area (Å²) in [5, 5.41) is 9.66. The van der Waals surface area contributed by atoms with Crippen LogP contribution in [0.25, 0.3) is 0 Å². The first-order chi connectivity index (χ1) is 9.13. The Bertz CT molecular complexity index is 592. The van der Waals surface area contributed by atoms with Crippen LogP contribution in [-0.4, -0.2) is 21.1 Å². The predicted octanol–water partition coefficient (Wildman–Crippen LogP) is 2.29. The lowest BCUT2D eigenvalue weighted by Gasteiger charge is -1.99. The maximum absolute atomic E-state index is 11.9. The van der Waals surface area contributed by atoms with Crippen molar-refractivity contribution in [2.45, 2.75) is 39.2 Å². The van der Waals surface area contributed by atoms with Crippen molar-refractivity contribution in [2.75, 3.05) is 0 Å². The second-order valence-corrected chi connectivity index (χ2v) is 6.29. The lowest BCUT2D eigenvalue weighted by molar-refractivity contribution is 0.0941. The van der Waals surface area contributed by atoms with Crippen LogP contribution in [0, 0.1) is 13.8 Å². The molecule has 19 heavy (non-hydrogen) atoms. The average molecular weight is 276 g/mol. The Morgan fingerprint density at radius 3 is 2.95 bits per heavy atom. The van der Waals surface area contributed by atoms with Crippen LogP contribution in [0.5, 0.6) is 0 Å². The molecular formula is C13H16N4OS. The molecule has 1 saturated carbocycles. The number of hydrogen-bond donors (Lipinski definition) is 2. The van der Waals surface area contributed by atoms with Gasteiger partial charge in [0.2, 0.25) is 5.82 Å². The highest BCUT2D eigenvalue weighted by molar-refractivity contribution is 7.12. The number of hydrogen-bond acceptors (Lipinski definition) is 4. The van der Waals surface area contributed by atoms with E-state index in [0.29, 0.717) is 12.5 Å². The normalized spacial score (nSPS) is 14.6. The maximum Gasteiger partial charge on any atom is 0.291 e. The Morgan fingerprint density at radius 2 is 2.32 bits per heavy atom. The van der Waals surface area contributed by atoms with E-state index in [1.165, 1.54) is 10.4 Å². The number of aromatic amines is 1. The zero-order chi connectivity index (χ0) is 13.4. The molecule has 0 atom stereocenters. The van der Waals surface area contributed by atoms with Crippen LogP contribution in [-0.2, 0) is 6.54 Å². The van der Waals surface area contributed by atoms with Crippen molar-refractivity contribution in [1.29, 1.82) is 0 Å². The molecule has 100 valence electrons. The van der Waals surface area contributed by atoms with Gasteiger partial charge in [0.25, 0.3) is 5.91 Å². The molecular weight excluding hydrogens is 260 g/mol. The van der Waals surface area contributed by atoms with Gasteiger partial charge in [-0.25, -0.2) is 4.98 Å². The lowest BCUT2D eigenvalue weighted by atomic mass is 10.3. The van der Waals surface area contributed by atoms with Crippen LogP contribution in [0.3, 0.4) is 0 Å². The number of amides is 1. The molecule has 3 rings (SSSR count). The van der Waals surface area contributed by atoms with Crippen LogP contribution in [0.2, 0.25) is 0 Å². The van der Waals surface area contributed by atoms with Crippen molar-refractivity contribution in [3.05, 3.63) is 33.0 Å². The van der Waals surface area contributed by atoms with Crippen molar-refractivity contribution >= 4 is 17.2 Å². The summed E-state index contributed by atoms with van der Waals surface area (Å²) in [4.78, 5) is 18.6. The molecule has 0 unspecified atom stereocenters. The van der Waals surface area contributed by atoms with Gasteiger partial charge in [0.05, 0.1) is 6.54 Å². The molecule has 0 aromatic carbocycles. The Balaban J connectivity index is 1.60. The number of rotatable bonds is 4. The SMILES string of the molecule is Cc1cc(CNC(=O)c2n[nH]c(C3CC3)n2)sc1C. The first-order valence-corrected chi connectivity index (χ1v) is 7.21. The van der Waals surface area contributed by atoms with Crippen molar-refractivity contribution in [3.63, 3.8) is 0 Å². The molecule has 1 fully saturated rings. The van der Waals surface area contributed by atoms with Gasteiger partial charge in [0, 0.05) is 15.7 Å². The van der Waals surface area contributed by atoms with E-state index in [-0.39, 0.29) is 11.7 Å². The smallest absolute Gasteiger partial charge is 0.291 e. The van der Waals surface area contributed by atoms with Crippen LogP contribution >= 0.6 is 11.3 Å². The Morgan fingerprint density at radius 1 is 1.53 bits per heavy atom. The molecule has 2 N–H and O–H groups in total. The Hall–Kier alpha value is -1.69. The van der Waals surface area contributed by atoms with Crippen LogP contribution < -0.4 is 5.32 Å². The van der Waals surface area contributed by atoms with Crippen LogP contribution in [0.15, 0.2) is 6.07 Å². The standard InChI is InChI=1S/C13H16N4OS/c1-7-5-10(19-8(7)2)6-14-13(18)12-15-11(16-17-12)9-3-4-9/h5,9H,3-4,6H2,1-2H3,(H,14,18)(H,15,16,17). The third-order valence-electron chi connectivity index (χ3n) is 3.31. The minimum atomic E-state index is -0.216. The number of aryl methyl sites for hydroxylation is 2. The molecule has 1 aliphatic rings. The fraction of sp³-hybridized carbons (Fsp3) is 0.462. The summed E-state index contributed by atoms with van der Waals surface area (Å²) in [5.41, 5.74) is 1.27. The molecule has 5 nitrogen and oxygen atoms in total. The molecule has 6 heteroatoms. The first-order valence-electron chi connectivity index (χ1n) is 6.40. The number of nitrogens with one attached hydrogen (secondary N) is 2. The number of aromatic nitrogens is 3. The molecule has 0 bridgehead atoms. The van der Waals surface area contributed by atoms with Crippen molar-refractivity contribution in [1.82, 2.24) is 20.5 Å². The van der Waals surface area contributed by atoms with Gasteiger partial charge in [-0.1, -0.05) is 0 Å². The molecule has 0 saturated heterocycles. The lowest BCUT2D eigenvalue weighted by Crippen LogP contribution is -2.23. The molecule has 2 aromatic heterocycles. The molecule has 0 radical (unpaired) electrons. The van der Waals surface area contributed by atoms with E-state index >= 15 is 0 Å². The second kappa shape index (κ2) is 4.77. The van der Waals surface area contributed by atoms with Gasteiger partial charge in [0.15, 0.2) is 0 Å². The fourth-order valence-corrected chi connectivity index (χ4v) is 2.89. The molecule has 1 amide bonds. The van der Waals surface area contributed by atoms with Gasteiger partial charge in [0.1, 0.15) is 5.82 Å². The van der Waals surface area contributed by atoms with E-state index in [2.05, 4.69) is 40.4 Å². The van der Waals surface area contributed by atoms with Gasteiger partial charge in [-0.15, -0.1) is 16.4 Å². The number of carbonyl (C=O) groups is 1. The minimum absolute atomic E-state index is 0.216. The average Bonchev–Trinajstić information content (AvgIpc) is 3.03. The van der Waals surface area contributed by atoms with E-state index in [0.717, 1.165) is 23.5 Å². The van der Waals surface area contributed by atoms with Crippen molar-refractivity contribution in [3.8, 4) is 0 Å². The summed E-state index contributed by atoms with van der Waals surface area (Å²) >= 11 is 1.71. The van der Waals surface area contributed by atoms with E-state index in [9.17, 15) is 4.79 Å². The summed E-state index contributed by atoms with van der Waals surface area (Å²) in [7, 11) is 0. The second-order valence-electron chi connectivity index (χ2n) is 4.95. The van der Waals surface area contributed by atoms with Crippen LogP contribution in [0.1, 0.15) is 50.5 Å². The zero-order valence-corrected chi connectivity index (χ0v) is 11.8. The Kier molecular flexibility index (Phi) is 3.10. The summed E-state index contributed by atoms with van der Waals surface area (Å²) in [6, 6.07) is 2.11. The zero-order valence-electron chi connectivity index (χ0n) is 11.0. The quantitative estimate of drug-likeness (QED) is 0.900. The number of thiophene rings is 1. The summed E-state index contributed by atoms with van der Waals surface area (Å²) < 4.78 is 0. The predicted molar refractivity (Wildman–Crippen MR) is 73.3 cm³/mol. The fourth-order valence-electron chi connectivity index (χ4n) is 1.90.